The van der Waals surface area contributed by atoms with Gasteiger partial charge in [0.1, 0.15) is 0 Å². The lowest BCUT2D eigenvalue weighted by molar-refractivity contribution is -0.283. The Balaban J connectivity index is 1.06. The molecule has 0 amide bonds. The summed E-state index contributed by atoms with van der Waals surface area (Å²) >= 11 is 0. The molecule has 0 aromatic rings. The second kappa shape index (κ2) is 14.4. The van der Waals surface area contributed by atoms with E-state index < -0.39 is 12.2 Å². The molecule has 51 heavy (non-hydrogen) atoms. The lowest BCUT2D eigenvalue weighted by atomic mass is 9.33. The van der Waals surface area contributed by atoms with Gasteiger partial charge in [0.05, 0.1) is 30.5 Å². The van der Waals surface area contributed by atoms with Crippen molar-refractivity contribution in [1.29, 1.82) is 0 Å². The van der Waals surface area contributed by atoms with Crippen LogP contribution in [0.4, 0.5) is 0 Å². The average Bonchev–Trinajstić information content (AvgIpc) is 3.51. The molecule has 19 atom stereocenters. The summed E-state index contributed by atoms with van der Waals surface area (Å²) in [5.74, 6) is 7.28. The summed E-state index contributed by atoms with van der Waals surface area (Å²) in [5.41, 5.74) is -0.317. The Bertz CT molecular complexity index is 1190. The average molecular weight is 711 g/mol. The van der Waals surface area contributed by atoms with Crippen LogP contribution in [-0.2, 0) is 4.74 Å². The van der Waals surface area contributed by atoms with Crippen molar-refractivity contribution in [3.05, 3.63) is 0 Å². The predicted octanol–water partition coefficient (Wildman–Crippen LogP) is 10.6. The van der Waals surface area contributed by atoms with Crippen LogP contribution in [0.3, 0.4) is 0 Å². The van der Waals surface area contributed by atoms with Crippen molar-refractivity contribution in [2.24, 2.45) is 99.1 Å². The number of fused-ring (bicyclic) bond motifs is 3. The van der Waals surface area contributed by atoms with Crippen molar-refractivity contribution in [2.75, 3.05) is 0 Å². The van der Waals surface area contributed by atoms with Gasteiger partial charge in [-0.2, -0.15) is 0 Å². The summed E-state index contributed by atoms with van der Waals surface area (Å²) in [6.07, 6.45) is 19.2. The molecule has 4 nitrogen and oxygen atoms in total. The normalized spacial score (nSPS) is 56.9. The largest absolute Gasteiger partial charge is 0.393 e. The van der Waals surface area contributed by atoms with Crippen molar-refractivity contribution >= 4 is 0 Å². The van der Waals surface area contributed by atoms with Crippen LogP contribution in [0, 0.1) is 99.1 Å². The molecule has 1 aliphatic heterocycles. The third-order valence-corrected chi connectivity index (χ3v) is 19.4. The molecule has 1 heterocycles. The Morgan fingerprint density at radius 3 is 2.10 bits per heavy atom. The van der Waals surface area contributed by atoms with Gasteiger partial charge in [0, 0.05) is 11.3 Å². The van der Waals surface area contributed by atoms with E-state index in [0.717, 1.165) is 36.5 Å². The molecule has 0 spiro atoms. The first-order chi connectivity index (χ1) is 24.0. The zero-order valence-corrected chi connectivity index (χ0v) is 34.8. The van der Waals surface area contributed by atoms with Crippen LogP contribution in [0.15, 0.2) is 0 Å². The molecule has 19 unspecified atom stereocenters. The highest BCUT2D eigenvalue weighted by Crippen LogP contribution is 2.73. The van der Waals surface area contributed by atoms with Crippen molar-refractivity contribution in [1.82, 2.24) is 0 Å². The Labute approximate surface area is 314 Å². The van der Waals surface area contributed by atoms with Gasteiger partial charge in [0.25, 0.3) is 0 Å². The van der Waals surface area contributed by atoms with E-state index in [1.165, 1.54) is 83.5 Å². The molecule has 0 aromatic carbocycles. The van der Waals surface area contributed by atoms with Crippen molar-refractivity contribution in [3.63, 3.8) is 0 Å². The molecule has 6 aliphatic carbocycles. The Hall–Kier alpha value is -0.160. The fourth-order valence-corrected chi connectivity index (χ4v) is 16.9. The molecule has 294 valence electrons. The highest BCUT2D eigenvalue weighted by Gasteiger charge is 2.70. The van der Waals surface area contributed by atoms with Gasteiger partial charge in [0.2, 0.25) is 0 Å². The van der Waals surface area contributed by atoms with Gasteiger partial charge < -0.3 is 20.1 Å². The summed E-state index contributed by atoms with van der Waals surface area (Å²) in [6, 6.07) is 0. The lowest BCUT2D eigenvalue weighted by Gasteiger charge is -2.72. The van der Waals surface area contributed by atoms with Crippen LogP contribution in [0.25, 0.3) is 0 Å². The molecular weight excluding hydrogens is 629 g/mol. The minimum Gasteiger partial charge on any atom is -0.393 e. The van der Waals surface area contributed by atoms with Crippen LogP contribution in [0.2, 0.25) is 0 Å². The summed E-state index contributed by atoms with van der Waals surface area (Å²) in [5, 5.41) is 36.0. The van der Waals surface area contributed by atoms with Gasteiger partial charge in [-0.05, 0) is 159 Å². The van der Waals surface area contributed by atoms with Crippen LogP contribution in [0.5, 0.6) is 0 Å². The van der Waals surface area contributed by atoms with Gasteiger partial charge >= 0.3 is 0 Å². The van der Waals surface area contributed by atoms with Crippen LogP contribution >= 0.6 is 0 Å². The summed E-state index contributed by atoms with van der Waals surface area (Å²) < 4.78 is 7.14. The van der Waals surface area contributed by atoms with E-state index in [0.29, 0.717) is 41.8 Å². The fraction of sp³-hybridized carbons (Fsp3) is 1.00. The van der Waals surface area contributed by atoms with Gasteiger partial charge in [-0.15, -0.1) is 0 Å². The van der Waals surface area contributed by atoms with Crippen molar-refractivity contribution in [2.45, 2.75) is 196 Å². The lowest BCUT2D eigenvalue weighted by Crippen LogP contribution is -2.71. The number of hydrogen-bond donors (Lipinski definition) is 3. The van der Waals surface area contributed by atoms with E-state index >= 15 is 0 Å². The third kappa shape index (κ3) is 6.46. The number of rotatable bonds is 6. The maximum Gasteiger partial charge on any atom is 0.0656 e. The van der Waals surface area contributed by atoms with E-state index in [4.69, 9.17) is 4.74 Å². The molecule has 0 bridgehead atoms. The quantitative estimate of drug-likeness (QED) is 0.257. The van der Waals surface area contributed by atoms with Crippen molar-refractivity contribution in [3.8, 4) is 0 Å². The maximum absolute atomic E-state index is 12.9. The van der Waals surface area contributed by atoms with Gasteiger partial charge in [-0.25, -0.2) is 0 Å². The predicted molar refractivity (Wildman–Crippen MR) is 209 cm³/mol. The van der Waals surface area contributed by atoms with Crippen LogP contribution in [-0.4, -0.2) is 45.8 Å². The van der Waals surface area contributed by atoms with E-state index in [2.05, 4.69) is 62.3 Å². The third-order valence-electron chi connectivity index (χ3n) is 19.4. The smallest absolute Gasteiger partial charge is 0.0656 e. The van der Waals surface area contributed by atoms with E-state index in [9.17, 15) is 15.3 Å². The minimum absolute atomic E-state index is 0.0230. The minimum atomic E-state index is -0.564. The zero-order valence-electron chi connectivity index (χ0n) is 34.8. The second-order valence-electron chi connectivity index (χ2n) is 22.4. The van der Waals surface area contributed by atoms with Gasteiger partial charge in [-0.3, -0.25) is 0 Å². The number of aliphatic hydroxyl groups excluding tert-OH is 3. The highest BCUT2D eigenvalue weighted by molar-refractivity contribution is 5.19. The molecule has 0 aromatic heterocycles. The molecular formula is C47H82O4. The molecule has 7 fully saturated rings. The molecule has 4 heteroatoms. The number of ether oxygens (including phenoxy) is 1. The highest BCUT2D eigenvalue weighted by atomic mass is 16.5. The SMILES string of the molecule is CC(C)C1CC(C2CCC(CC3CCC(C4CCCCC4C)CC3)O2)C(C)C2C(O)C3C(C)C4(C)C(O)C(C(C)O)C(C)CC4(C)CC3(C)CC12. The number of hydrogen-bond acceptors (Lipinski definition) is 4. The summed E-state index contributed by atoms with van der Waals surface area (Å²) in [6.45, 7) is 23.8. The Kier molecular flexibility index (Phi) is 11.0. The first kappa shape index (κ1) is 39.1. The topological polar surface area (TPSA) is 69.9 Å². The van der Waals surface area contributed by atoms with Gasteiger partial charge in [-0.1, -0.05) is 94.4 Å². The molecule has 6 saturated carbocycles. The molecule has 3 N–H and O–H groups in total. The van der Waals surface area contributed by atoms with E-state index in [1.807, 2.05) is 6.92 Å². The van der Waals surface area contributed by atoms with Crippen molar-refractivity contribution < 1.29 is 20.1 Å². The zero-order chi connectivity index (χ0) is 36.8. The summed E-state index contributed by atoms with van der Waals surface area (Å²) in [4.78, 5) is 0. The van der Waals surface area contributed by atoms with E-state index in [-0.39, 0.29) is 51.9 Å². The molecule has 7 rings (SSSR count). The molecule has 7 aliphatic rings. The monoisotopic (exact) mass is 711 g/mol. The van der Waals surface area contributed by atoms with E-state index in [1.54, 1.807) is 0 Å². The maximum atomic E-state index is 12.9. The molecule has 0 radical (unpaired) electrons. The summed E-state index contributed by atoms with van der Waals surface area (Å²) in [7, 11) is 0. The first-order valence-electron chi connectivity index (χ1n) is 22.7. The number of aliphatic hydroxyl groups is 3. The molecule has 1 saturated heterocycles. The van der Waals surface area contributed by atoms with Crippen LogP contribution in [0.1, 0.15) is 166 Å². The first-order valence-corrected chi connectivity index (χ1v) is 22.7. The fourth-order valence-electron chi connectivity index (χ4n) is 16.9. The Morgan fingerprint density at radius 2 is 1.45 bits per heavy atom. The second-order valence-corrected chi connectivity index (χ2v) is 22.4. The Morgan fingerprint density at radius 1 is 0.765 bits per heavy atom. The van der Waals surface area contributed by atoms with Gasteiger partial charge in [0.15, 0.2) is 0 Å². The standard InChI is InChI=1S/C47H82O4/c1-26(2)36-22-37(39-20-19-34(51-39)21-32-15-17-33(18-16-32)35-14-12-11-13-27(35)3)29(5)41-38(36)24-45(8)25-46(9)23-28(4)40(31(7)48)44(50)47(46,10)30(6)42(45)43(41)49/h26-44,48-50H,11-25H2,1-10H3. The van der Waals surface area contributed by atoms with Crippen LogP contribution < -0.4 is 0 Å².